The van der Waals surface area contributed by atoms with Gasteiger partial charge in [-0.2, -0.15) is 0 Å². The van der Waals surface area contributed by atoms with Crippen LogP contribution in [0.25, 0.3) is 0 Å². The number of carbonyl (C=O) groups is 1. The molecule has 0 aromatic carbocycles. The van der Waals surface area contributed by atoms with Gasteiger partial charge in [0.2, 0.25) is 5.91 Å². The average molecular weight is 624 g/mol. The molecule has 0 radical (unpaired) electrons. The molecule has 1 fully saturated rings. The zero-order valence-corrected chi connectivity index (χ0v) is 30.3. The highest BCUT2D eigenvalue weighted by Gasteiger charge is 2.41. The minimum Gasteiger partial charge on any atom is -0.379 e. The van der Waals surface area contributed by atoms with E-state index in [0.717, 1.165) is 25.9 Å². The minimum atomic E-state index is -0.613. The Morgan fingerprint density at radius 3 is 1.27 bits per heavy atom. The fraction of sp³-hybridized carbons (Fsp3) is 0.974. The van der Waals surface area contributed by atoms with Crippen LogP contribution < -0.4 is 5.32 Å². The summed E-state index contributed by atoms with van der Waals surface area (Å²) in [6, 6.07) is 0. The Morgan fingerprint density at radius 2 is 0.886 bits per heavy atom. The molecule has 0 bridgehead atoms. The van der Waals surface area contributed by atoms with Crippen molar-refractivity contribution in [2.75, 3.05) is 26.4 Å². The van der Waals surface area contributed by atoms with Crippen LogP contribution in [-0.2, 0) is 19.0 Å². The number of hydrogen-bond acceptors (Lipinski definition) is 4. The van der Waals surface area contributed by atoms with E-state index in [-0.39, 0.29) is 5.91 Å². The quantitative estimate of drug-likeness (QED) is 0.0757. The van der Waals surface area contributed by atoms with E-state index in [2.05, 4.69) is 19.2 Å². The van der Waals surface area contributed by atoms with E-state index >= 15 is 0 Å². The maximum absolute atomic E-state index is 12.9. The maximum atomic E-state index is 12.9. The molecule has 0 spiro atoms. The maximum Gasteiger partial charge on any atom is 0.220 e. The van der Waals surface area contributed by atoms with Crippen molar-refractivity contribution in [3.63, 3.8) is 0 Å². The van der Waals surface area contributed by atoms with E-state index < -0.39 is 11.3 Å². The molecule has 1 aliphatic heterocycles. The Labute approximate surface area is 275 Å². The lowest BCUT2D eigenvalue weighted by atomic mass is 10.0. The van der Waals surface area contributed by atoms with Gasteiger partial charge in [-0.05, 0) is 26.7 Å². The number of carbonyl (C=O) groups excluding carboxylic acids is 1. The van der Waals surface area contributed by atoms with E-state index in [0.29, 0.717) is 26.2 Å². The van der Waals surface area contributed by atoms with Crippen LogP contribution in [0.4, 0.5) is 0 Å². The number of ether oxygens (including phenoxy) is 3. The molecule has 5 heteroatoms. The van der Waals surface area contributed by atoms with Crippen molar-refractivity contribution in [1.82, 2.24) is 5.32 Å². The normalized spacial score (nSPS) is 15.9. The molecule has 1 saturated heterocycles. The molecule has 0 atom stereocenters. The van der Waals surface area contributed by atoms with Gasteiger partial charge in [0, 0.05) is 13.0 Å². The zero-order chi connectivity index (χ0) is 32.0. The van der Waals surface area contributed by atoms with Crippen molar-refractivity contribution in [2.45, 2.75) is 219 Å². The first kappa shape index (κ1) is 41.4. The van der Waals surface area contributed by atoms with Crippen molar-refractivity contribution in [3.05, 3.63) is 0 Å². The summed E-state index contributed by atoms with van der Waals surface area (Å²) in [5.41, 5.74) is -0.584. The molecule has 0 aromatic rings. The van der Waals surface area contributed by atoms with Crippen molar-refractivity contribution in [3.8, 4) is 0 Å². The molecule has 1 aliphatic rings. The summed E-state index contributed by atoms with van der Waals surface area (Å²) in [5.74, 6) is -0.516. The van der Waals surface area contributed by atoms with Crippen molar-refractivity contribution < 1.29 is 19.0 Å². The molecule has 0 aromatic heterocycles. The summed E-state index contributed by atoms with van der Waals surface area (Å²) in [4.78, 5) is 12.9. The van der Waals surface area contributed by atoms with Crippen LogP contribution in [0.3, 0.4) is 0 Å². The molecule has 44 heavy (non-hydrogen) atoms. The van der Waals surface area contributed by atoms with Crippen molar-refractivity contribution in [1.29, 1.82) is 0 Å². The molecular weight excluding hydrogens is 546 g/mol. The molecule has 1 amide bonds. The van der Waals surface area contributed by atoms with Gasteiger partial charge in [0.05, 0.1) is 19.8 Å². The predicted molar refractivity (Wildman–Crippen MR) is 188 cm³/mol. The third-order valence-electron chi connectivity index (χ3n) is 9.32. The average Bonchev–Trinajstić information content (AvgIpc) is 3.01. The monoisotopic (exact) mass is 624 g/mol. The van der Waals surface area contributed by atoms with E-state index in [9.17, 15) is 4.79 Å². The molecule has 0 unspecified atom stereocenters. The summed E-state index contributed by atoms with van der Waals surface area (Å²) in [6.07, 6.45) is 36.6. The van der Waals surface area contributed by atoms with Crippen LogP contribution in [-0.4, -0.2) is 43.7 Å². The van der Waals surface area contributed by atoms with Gasteiger partial charge >= 0.3 is 0 Å². The smallest absolute Gasteiger partial charge is 0.220 e. The lowest BCUT2D eigenvalue weighted by molar-refractivity contribution is -0.276. The summed E-state index contributed by atoms with van der Waals surface area (Å²) in [7, 11) is 0. The highest BCUT2D eigenvalue weighted by molar-refractivity contribution is 5.76. The second-order valence-corrected chi connectivity index (χ2v) is 14.4. The Bertz CT molecular complexity index is 628. The second kappa shape index (κ2) is 28.6. The van der Waals surface area contributed by atoms with Gasteiger partial charge < -0.3 is 19.5 Å². The van der Waals surface area contributed by atoms with Gasteiger partial charge in [0.15, 0.2) is 5.79 Å². The van der Waals surface area contributed by atoms with E-state index in [1.54, 1.807) is 0 Å². The van der Waals surface area contributed by atoms with Gasteiger partial charge in [-0.3, -0.25) is 4.79 Å². The molecule has 0 saturated carbocycles. The Morgan fingerprint density at radius 1 is 0.545 bits per heavy atom. The van der Waals surface area contributed by atoms with Crippen molar-refractivity contribution >= 4 is 5.91 Å². The number of amides is 1. The van der Waals surface area contributed by atoms with Crippen LogP contribution in [0.5, 0.6) is 0 Å². The van der Waals surface area contributed by atoms with Crippen molar-refractivity contribution in [2.24, 2.45) is 0 Å². The van der Waals surface area contributed by atoms with Gasteiger partial charge in [-0.15, -0.1) is 0 Å². The first-order valence-electron chi connectivity index (χ1n) is 19.6. The fourth-order valence-corrected chi connectivity index (χ4v) is 6.23. The molecule has 1 heterocycles. The third-order valence-corrected chi connectivity index (χ3v) is 9.32. The van der Waals surface area contributed by atoms with Gasteiger partial charge in [0.25, 0.3) is 0 Å². The predicted octanol–water partition coefficient (Wildman–Crippen LogP) is 11.6. The van der Waals surface area contributed by atoms with Gasteiger partial charge in [-0.25, -0.2) is 0 Å². The Kier molecular flexibility index (Phi) is 26.9. The number of rotatable bonds is 32. The highest BCUT2D eigenvalue weighted by Crippen LogP contribution is 2.24. The van der Waals surface area contributed by atoms with Crippen LogP contribution in [0.1, 0.15) is 207 Å². The topological polar surface area (TPSA) is 56.8 Å². The van der Waals surface area contributed by atoms with Crippen LogP contribution in [0, 0.1) is 0 Å². The Hall–Kier alpha value is -0.650. The largest absolute Gasteiger partial charge is 0.379 e. The number of unbranched alkanes of at least 4 members (excludes halogenated alkanes) is 25. The first-order valence-corrected chi connectivity index (χ1v) is 19.6. The molecule has 262 valence electrons. The zero-order valence-electron chi connectivity index (χ0n) is 30.3. The van der Waals surface area contributed by atoms with Crippen LogP contribution in [0.2, 0.25) is 0 Å². The minimum absolute atomic E-state index is 0.0973. The lowest BCUT2D eigenvalue weighted by Gasteiger charge is -2.43. The molecule has 5 nitrogen and oxygen atoms in total. The highest BCUT2D eigenvalue weighted by atomic mass is 16.7. The van der Waals surface area contributed by atoms with Crippen LogP contribution >= 0.6 is 0 Å². The summed E-state index contributed by atoms with van der Waals surface area (Å²) < 4.78 is 18.0. The van der Waals surface area contributed by atoms with E-state index in [1.165, 1.54) is 154 Å². The lowest BCUT2D eigenvalue weighted by Crippen LogP contribution is -2.63. The second-order valence-electron chi connectivity index (χ2n) is 14.4. The number of hydrogen-bond donors (Lipinski definition) is 1. The third kappa shape index (κ3) is 24.6. The number of nitrogens with one attached hydrogen (secondary N) is 1. The van der Waals surface area contributed by atoms with E-state index in [1.807, 2.05) is 13.8 Å². The van der Waals surface area contributed by atoms with Gasteiger partial charge in [0.1, 0.15) is 5.54 Å². The molecule has 1 N–H and O–H groups in total. The molecule has 1 rings (SSSR count). The Balaban J connectivity index is 2.09. The molecule has 0 aliphatic carbocycles. The summed E-state index contributed by atoms with van der Waals surface area (Å²) >= 11 is 0. The SMILES string of the molecule is CCCCCCCCCCCCCCCCOCC1(NC(=O)CCCCCCCCCCCCCCC)COC(C)(C)OC1. The van der Waals surface area contributed by atoms with Crippen LogP contribution in [0.15, 0.2) is 0 Å². The summed E-state index contributed by atoms with van der Waals surface area (Å²) in [6.45, 7) is 10.5. The first-order chi connectivity index (χ1) is 21.4. The summed E-state index contributed by atoms with van der Waals surface area (Å²) in [5, 5.41) is 3.25. The van der Waals surface area contributed by atoms with Gasteiger partial charge in [-0.1, -0.05) is 174 Å². The fourth-order valence-electron chi connectivity index (χ4n) is 6.23. The standard InChI is InChI=1S/C39H77NO4/c1-5-7-9-11-13-15-17-19-21-23-25-27-29-31-33-42-34-39(35-43-38(3,4)44-36-39)40-37(41)32-30-28-26-24-22-20-18-16-14-12-10-8-6-2/h5-36H2,1-4H3,(H,40,41). The molecular formula is C39H77NO4. The van der Waals surface area contributed by atoms with E-state index in [4.69, 9.17) is 14.2 Å².